The summed E-state index contributed by atoms with van der Waals surface area (Å²) in [6, 6.07) is 13.9. The maximum absolute atomic E-state index is 12.8. The Morgan fingerprint density at radius 2 is 1.84 bits per heavy atom. The lowest BCUT2D eigenvalue weighted by Crippen LogP contribution is -2.51. The number of carboxylic acid groups (broad SMARTS) is 1. The highest BCUT2D eigenvalue weighted by molar-refractivity contribution is 7.91. The molecule has 1 N–H and O–H groups in total. The van der Waals surface area contributed by atoms with Crippen LogP contribution in [0.4, 0.5) is 0 Å². The van der Waals surface area contributed by atoms with Gasteiger partial charge in [-0.3, -0.25) is 4.79 Å². The van der Waals surface area contributed by atoms with E-state index >= 15 is 0 Å². The van der Waals surface area contributed by atoms with Crippen LogP contribution in [0.15, 0.2) is 42.5 Å². The Hall–Kier alpha value is -2.58. The van der Waals surface area contributed by atoms with Gasteiger partial charge in [-0.1, -0.05) is 24.3 Å². The van der Waals surface area contributed by atoms with E-state index in [4.69, 9.17) is 9.47 Å². The van der Waals surface area contributed by atoms with Gasteiger partial charge in [-0.15, -0.1) is 0 Å². The Morgan fingerprint density at radius 1 is 1.16 bits per heavy atom. The van der Waals surface area contributed by atoms with E-state index in [0.717, 1.165) is 28.2 Å². The first-order chi connectivity index (χ1) is 15.1. The number of methoxy groups -OCH3 is 1. The highest BCUT2D eigenvalue weighted by Crippen LogP contribution is 2.38. The van der Waals surface area contributed by atoms with Gasteiger partial charge in [0, 0.05) is 18.7 Å². The maximum Gasteiger partial charge on any atom is 0.325 e. The van der Waals surface area contributed by atoms with Crippen molar-refractivity contribution in [2.24, 2.45) is 0 Å². The molecular weight excluding hydrogens is 430 g/mol. The first-order valence-electron chi connectivity index (χ1n) is 10.8. The molecule has 2 aromatic rings. The second-order valence-electron chi connectivity index (χ2n) is 8.41. The van der Waals surface area contributed by atoms with Crippen LogP contribution < -0.4 is 9.47 Å². The molecule has 0 radical (unpaired) electrons. The van der Waals surface area contributed by atoms with Gasteiger partial charge in [0.2, 0.25) is 10.0 Å². The third-order valence-electron chi connectivity index (χ3n) is 6.11. The number of hydrogen-bond acceptors (Lipinski definition) is 5. The van der Waals surface area contributed by atoms with E-state index < -0.39 is 20.7 Å². The third kappa shape index (κ3) is 4.61. The number of carboxylic acids is 1. The van der Waals surface area contributed by atoms with Gasteiger partial charge < -0.3 is 14.6 Å². The first-order valence-corrected chi connectivity index (χ1v) is 12.2. The smallest absolute Gasteiger partial charge is 0.325 e. The summed E-state index contributed by atoms with van der Waals surface area (Å²) < 4.78 is 36.3. The minimum absolute atomic E-state index is 0.173. The number of carbonyl (C=O) groups is 1. The number of benzene rings is 2. The molecule has 1 aliphatic heterocycles. The summed E-state index contributed by atoms with van der Waals surface area (Å²) in [7, 11) is -2.30. The molecule has 1 fully saturated rings. The summed E-state index contributed by atoms with van der Waals surface area (Å²) in [4.78, 5) is 11.4. The molecule has 0 amide bonds. The molecule has 8 heteroatoms. The highest BCUT2D eigenvalue weighted by Gasteiger charge is 2.46. The van der Waals surface area contributed by atoms with Crippen molar-refractivity contribution in [1.29, 1.82) is 0 Å². The van der Waals surface area contributed by atoms with Crippen LogP contribution in [0.1, 0.15) is 45.1 Å². The van der Waals surface area contributed by atoms with Crippen LogP contribution >= 0.6 is 0 Å². The second-order valence-corrected chi connectivity index (χ2v) is 10.9. The van der Waals surface area contributed by atoms with E-state index in [-0.39, 0.29) is 5.92 Å². The van der Waals surface area contributed by atoms with Gasteiger partial charge in [0.1, 0.15) is 11.5 Å². The van der Waals surface area contributed by atoms with Crippen LogP contribution in [0.5, 0.6) is 11.5 Å². The van der Waals surface area contributed by atoms with E-state index in [1.165, 1.54) is 18.2 Å². The third-order valence-corrected chi connectivity index (χ3v) is 8.62. The number of piperidine rings is 1. The van der Waals surface area contributed by atoms with Crippen LogP contribution in [0, 0.1) is 0 Å². The van der Waals surface area contributed by atoms with Crippen molar-refractivity contribution in [1.82, 2.24) is 4.31 Å². The zero-order chi connectivity index (χ0) is 23.5. The van der Waals surface area contributed by atoms with Gasteiger partial charge in [0.15, 0.2) is 4.75 Å². The zero-order valence-corrected chi connectivity index (χ0v) is 19.8. The molecule has 32 heavy (non-hydrogen) atoms. The van der Waals surface area contributed by atoms with Crippen LogP contribution in [0.3, 0.4) is 0 Å². The van der Waals surface area contributed by atoms with Crippen LogP contribution in [0.25, 0.3) is 11.1 Å². The van der Waals surface area contributed by atoms with E-state index in [2.05, 4.69) is 6.07 Å². The number of hydrogen-bond donors (Lipinski definition) is 1. The number of ether oxygens (including phenoxy) is 2. The van der Waals surface area contributed by atoms with Crippen molar-refractivity contribution in [2.45, 2.75) is 44.3 Å². The minimum Gasteiger partial charge on any atom is -0.496 e. The summed E-state index contributed by atoms with van der Waals surface area (Å²) in [5, 5.41) is 9.33. The summed E-state index contributed by atoms with van der Waals surface area (Å²) in [5.41, 5.74) is 3.04. The van der Waals surface area contributed by atoms with Crippen molar-refractivity contribution in [3.8, 4) is 22.6 Å². The zero-order valence-electron chi connectivity index (χ0n) is 19.0. The maximum atomic E-state index is 12.8. The number of rotatable bonds is 8. The average molecular weight is 462 g/mol. The predicted octanol–water partition coefficient (Wildman–Crippen LogP) is 4.13. The van der Waals surface area contributed by atoms with E-state index in [9.17, 15) is 18.3 Å². The van der Waals surface area contributed by atoms with Gasteiger partial charge in [0.25, 0.3) is 0 Å². The predicted molar refractivity (Wildman–Crippen MR) is 124 cm³/mol. The molecule has 0 atom stereocenters. The molecular formula is C24H31NO6S. The molecule has 0 bridgehead atoms. The van der Waals surface area contributed by atoms with Crippen LogP contribution in [-0.2, 0) is 14.8 Å². The Morgan fingerprint density at radius 3 is 2.44 bits per heavy atom. The Kier molecular flexibility index (Phi) is 7.15. The molecule has 0 saturated carbocycles. The van der Waals surface area contributed by atoms with Crippen molar-refractivity contribution < 1.29 is 27.8 Å². The minimum atomic E-state index is -3.93. The fourth-order valence-corrected chi connectivity index (χ4v) is 5.54. The van der Waals surface area contributed by atoms with E-state index in [0.29, 0.717) is 32.5 Å². The SMILES string of the molecule is CCOc1cccc(-c2ccc(C3CCN(S(=O)(=O)C(C)(C)C(=O)O)CC3)cc2OC)c1. The molecule has 7 nitrogen and oxygen atoms in total. The summed E-state index contributed by atoms with van der Waals surface area (Å²) in [6.45, 7) is 5.61. The molecule has 1 saturated heterocycles. The highest BCUT2D eigenvalue weighted by atomic mass is 32.2. The standard InChI is InChI=1S/C24H31NO6S/c1-5-31-20-8-6-7-19(15-20)21-10-9-18(16-22(21)30-4)17-11-13-25(14-12-17)32(28,29)24(2,3)23(26)27/h6-10,15-17H,5,11-14H2,1-4H3,(H,26,27). The average Bonchev–Trinajstić information content (AvgIpc) is 2.79. The van der Waals surface area contributed by atoms with Crippen LogP contribution in [-0.4, -0.2) is 55.4 Å². The molecule has 2 aromatic carbocycles. The summed E-state index contributed by atoms with van der Waals surface area (Å²) in [5.74, 6) is 0.382. The van der Waals surface area contributed by atoms with Gasteiger partial charge in [-0.2, -0.15) is 0 Å². The Bertz CT molecular complexity index is 1070. The molecule has 0 aromatic heterocycles. The molecule has 0 spiro atoms. The fraction of sp³-hybridized carbons (Fsp3) is 0.458. The van der Waals surface area contributed by atoms with Gasteiger partial charge in [0.05, 0.1) is 13.7 Å². The summed E-state index contributed by atoms with van der Waals surface area (Å²) in [6.07, 6.45) is 1.24. The second kappa shape index (κ2) is 9.50. The van der Waals surface area contributed by atoms with Gasteiger partial charge in [-0.05, 0) is 68.9 Å². The summed E-state index contributed by atoms with van der Waals surface area (Å²) >= 11 is 0. The lowest BCUT2D eigenvalue weighted by atomic mass is 9.89. The lowest BCUT2D eigenvalue weighted by molar-refractivity contribution is -0.139. The Balaban J connectivity index is 1.78. The molecule has 1 heterocycles. The van der Waals surface area contributed by atoms with Crippen molar-refractivity contribution in [3.63, 3.8) is 0 Å². The fourth-order valence-electron chi connectivity index (χ4n) is 3.98. The van der Waals surface area contributed by atoms with Crippen molar-refractivity contribution in [3.05, 3.63) is 48.0 Å². The first kappa shape index (κ1) is 24.1. The van der Waals surface area contributed by atoms with Gasteiger partial charge in [-0.25, -0.2) is 12.7 Å². The largest absolute Gasteiger partial charge is 0.496 e. The molecule has 3 rings (SSSR count). The molecule has 0 unspecified atom stereocenters. The van der Waals surface area contributed by atoms with E-state index in [1.54, 1.807) is 7.11 Å². The van der Waals surface area contributed by atoms with Gasteiger partial charge >= 0.3 is 5.97 Å². The van der Waals surface area contributed by atoms with Crippen molar-refractivity contribution >= 4 is 16.0 Å². The topological polar surface area (TPSA) is 93.1 Å². The molecule has 1 aliphatic rings. The number of nitrogens with zero attached hydrogens (tertiary/aromatic N) is 1. The quantitative estimate of drug-likeness (QED) is 0.635. The molecule has 0 aliphatic carbocycles. The lowest BCUT2D eigenvalue weighted by Gasteiger charge is -2.35. The monoisotopic (exact) mass is 461 g/mol. The van der Waals surface area contributed by atoms with Crippen LogP contribution in [0.2, 0.25) is 0 Å². The number of aliphatic carboxylic acids is 1. The van der Waals surface area contributed by atoms with Crippen molar-refractivity contribution in [2.75, 3.05) is 26.8 Å². The Labute approximate surface area is 190 Å². The molecule has 174 valence electrons. The van der Waals surface area contributed by atoms with E-state index in [1.807, 2.05) is 43.3 Å². The number of sulfonamides is 1. The normalized spacial score (nSPS) is 16.0.